The van der Waals surface area contributed by atoms with E-state index in [1.165, 1.54) is 38.5 Å². The van der Waals surface area contributed by atoms with E-state index in [-0.39, 0.29) is 0 Å². The van der Waals surface area contributed by atoms with E-state index in [1.54, 1.807) is 0 Å². The Balaban J connectivity index is 1.78. The Morgan fingerprint density at radius 1 is 1.38 bits per heavy atom. The second-order valence-electron chi connectivity index (χ2n) is 4.74. The minimum atomic E-state index is 0.969. The average Bonchev–Trinajstić information content (AvgIpc) is 2.62. The average molecular weight is 178 g/mol. The summed E-state index contributed by atoms with van der Waals surface area (Å²) in [5.74, 6) is 5.09. The van der Waals surface area contributed by atoms with Crippen LogP contribution in [0.3, 0.4) is 0 Å². The first kappa shape index (κ1) is 9.55. The lowest BCUT2D eigenvalue weighted by molar-refractivity contribution is 0.472. The van der Waals surface area contributed by atoms with E-state index in [4.69, 9.17) is 0 Å². The minimum Gasteiger partial charge on any atom is -0.0651 e. The molecule has 0 saturated heterocycles. The first-order valence-corrected chi connectivity index (χ1v) is 6.04. The molecule has 2 fully saturated rings. The summed E-state index contributed by atoms with van der Waals surface area (Å²) in [6.07, 6.45) is 9.79. The van der Waals surface area contributed by atoms with Crippen LogP contribution in [0.4, 0.5) is 0 Å². The van der Waals surface area contributed by atoms with Crippen molar-refractivity contribution in [2.45, 2.75) is 51.9 Å². The van der Waals surface area contributed by atoms with Gasteiger partial charge in [0.25, 0.3) is 0 Å². The molecule has 0 aromatic heterocycles. The summed E-state index contributed by atoms with van der Waals surface area (Å²) in [6, 6.07) is 0. The molecule has 2 saturated carbocycles. The largest absolute Gasteiger partial charge is 0.0651 e. The summed E-state index contributed by atoms with van der Waals surface area (Å²) in [4.78, 5) is 0. The zero-order valence-corrected chi connectivity index (χ0v) is 8.89. The zero-order valence-electron chi connectivity index (χ0n) is 8.89. The molecule has 0 amide bonds. The molecule has 74 valence electrons. The number of rotatable bonds is 5. The molecule has 2 radical (unpaired) electrons. The van der Waals surface area contributed by atoms with Crippen LogP contribution in [0.2, 0.25) is 0 Å². The fourth-order valence-electron chi connectivity index (χ4n) is 3.30. The monoisotopic (exact) mass is 178 g/mol. The highest BCUT2D eigenvalue weighted by Gasteiger charge is 2.55. The van der Waals surface area contributed by atoms with Gasteiger partial charge in [-0.2, -0.15) is 0 Å². The summed E-state index contributed by atoms with van der Waals surface area (Å²) in [5, 5.41) is 0. The minimum absolute atomic E-state index is 0.969. The van der Waals surface area contributed by atoms with Gasteiger partial charge in [0.1, 0.15) is 0 Å². The Morgan fingerprint density at radius 3 is 2.62 bits per heavy atom. The molecule has 0 heterocycles. The molecule has 0 N–H and O–H groups in total. The Labute approximate surface area is 83.1 Å². The van der Waals surface area contributed by atoms with Crippen molar-refractivity contribution in [2.24, 2.45) is 17.8 Å². The van der Waals surface area contributed by atoms with Gasteiger partial charge < -0.3 is 0 Å². The van der Waals surface area contributed by atoms with Crippen LogP contribution in [0.25, 0.3) is 0 Å². The third-order valence-corrected chi connectivity index (χ3v) is 4.03. The van der Waals surface area contributed by atoms with Crippen molar-refractivity contribution < 1.29 is 0 Å². The Bertz CT molecular complexity index is 151. The highest BCUT2D eigenvalue weighted by atomic mass is 14.6. The van der Waals surface area contributed by atoms with E-state index in [9.17, 15) is 0 Å². The van der Waals surface area contributed by atoms with E-state index in [1.807, 2.05) is 5.92 Å². The van der Waals surface area contributed by atoms with Gasteiger partial charge in [0.2, 0.25) is 0 Å². The summed E-state index contributed by atoms with van der Waals surface area (Å²) >= 11 is 0. The number of unbranched alkanes of at least 4 members (excludes halogenated alkanes) is 1. The molecule has 2 aliphatic carbocycles. The van der Waals surface area contributed by atoms with Gasteiger partial charge in [0.15, 0.2) is 0 Å². The van der Waals surface area contributed by atoms with Gasteiger partial charge in [-0.1, -0.05) is 39.5 Å². The van der Waals surface area contributed by atoms with E-state index in [2.05, 4.69) is 13.8 Å². The second kappa shape index (κ2) is 4.02. The molecule has 3 unspecified atom stereocenters. The Morgan fingerprint density at radius 2 is 2.08 bits per heavy atom. The maximum Gasteiger partial charge on any atom is -0.0142 e. The van der Waals surface area contributed by atoms with Gasteiger partial charge in [0.05, 0.1) is 0 Å². The van der Waals surface area contributed by atoms with Gasteiger partial charge >= 0.3 is 0 Å². The standard InChI is InChI=1S/C13H22/c1-3-5-7-10(4-2)13-11-8-6-9-12(11)13/h10-12H,1,3-9H2,2H3. The summed E-state index contributed by atoms with van der Waals surface area (Å²) in [7, 11) is 0. The van der Waals surface area contributed by atoms with Gasteiger partial charge in [-0.15, -0.1) is 0 Å². The van der Waals surface area contributed by atoms with Gasteiger partial charge in [-0.05, 0) is 42.9 Å². The fraction of sp³-hybridized carbons (Fsp3) is 0.846. The van der Waals surface area contributed by atoms with Crippen LogP contribution in [0.15, 0.2) is 0 Å². The molecule has 13 heavy (non-hydrogen) atoms. The SMILES string of the molecule is [CH2]CCCC(CC)[C]1C2CCCC12. The van der Waals surface area contributed by atoms with E-state index in [0.29, 0.717) is 0 Å². The van der Waals surface area contributed by atoms with Gasteiger partial charge in [-0.3, -0.25) is 0 Å². The lowest BCUT2D eigenvalue weighted by Crippen LogP contribution is -2.04. The second-order valence-corrected chi connectivity index (χ2v) is 4.74. The number of fused-ring (bicyclic) bond motifs is 1. The van der Waals surface area contributed by atoms with Crippen molar-refractivity contribution >= 4 is 0 Å². The molecule has 0 aromatic rings. The van der Waals surface area contributed by atoms with E-state index < -0.39 is 0 Å². The molecule has 0 aliphatic heterocycles. The van der Waals surface area contributed by atoms with Crippen molar-refractivity contribution in [3.8, 4) is 0 Å². The molecule has 0 heteroatoms. The van der Waals surface area contributed by atoms with E-state index in [0.717, 1.165) is 24.2 Å². The van der Waals surface area contributed by atoms with Crippen molar-refractivity contribution in [3.05, 3.63) is 12.8 Å². The van der Waals surface area contributed by atoms with Crippen molar-refractivity contribution in [2.75, 3.05) is 0 Å². The molecule has 3 atom stereocenters. The number of hydrogen-bond acceptors (Lipinski definition) is 0. The smallest absolute Gasteiger partial charge is 0.0142 e. The van der Waals surface area contributed by atoms with Crippen molar-refractivity contribution in [3.63, 3.8) is 0 Å². The van der Waals surface area contributed by atoms with E-state index >= 15 is 0 Å². The number of hydrogen-bond donors (Lipinski definition) is 0. The summed E-state index contributed by atoms with van der Waals surface area (Å²) in [5.41, 5.74) is 0. The maximum atomic E-state index is 3.93. The summed E-state index contributed by atoms with van der Waals surface area (Å²) < 4.78 is 0. The van der Waals surface area contributed by atoms with Crippen LogP contribution in [0.5, 0.6) is 0 Å². The fourth-order valence-corrected chi connectivity index (χ4v) is 3.30. The Kier molecular flexibility index (Phi) is 2.96. The Hall–Kier alpha value is 0. The third kappa shape index (κ3) is 1.78. The molecule has 0 aromatic carbocycles. The quantitative estimate of drug-likeness (QED) is 0.596. The molecule has 0 nitrogen and oxygen atoms in total. The normalized spacial score (nSPS) is 34.6. The van der Waals surface area contributed by atoms with Crippen LogP contribution >= 0.6 is 0 Å². The predicted molar refractivity (Wildman–Crippen MR) is 57.1 cm³/mol. The molecular weight excluding hydrogens is 156 g/mol. The van der Waals surface area contributed by atoms with Crippen molar-refractivity contribution in [1.82, 2.24) is 0 Å². The lowest BCUT2D eigenvalue weighted by atomic mass is 9.90. The summed E-state index contributed by atoms with van der Waals surface area (Å²) in [6.45, 7) is 6.29. The van der Waals surface area contributed by atoms with Crippen LogP contribution < -0.4 is 0 Å². The van der Waals surface area contributed by atoms with Gasteiger partial charge in [0, 0.05) is 0 Å². The van der Waals surface area contributed by atoms with Gasteiger partial charge in [-0.25, -0.2) is 0 Å². The highest BCUT2D eigenvalue weighted by Crippen LogP contribution is 2.63. The third-order valence-electron chi connectivity index (χ3n) is 4.03. The van der Waals surface area contributed by atoms with Crippen LogP contribution in [0.1, 0.15) is 51.9 Å². The highest BCUT2D eigenvalue weighted by molar-refractivity contribution is 5.26. The lowest BCUT2D eigenvalue weighted by Gasteiger charge is -2.15. The predicted octanol–water partition coefficient (Wildman–Crippen LogP) is 4.02. The van der Waals surface area contributed by atoms with Crippen LogP contribution in [-0.2, 0) is 0 Å². The van der Waals surface area contributed by atoms with Crippen molar-refractivity contribution in [1.29, 1.82) is 0 Å². The molecule has 2 rings (SSSR count). The van der Waals surface area contributed by atoms with Crippen LogP contribution in [-0.4, -0.2) is 0 Å². The molecule has 0 spiro atoms. The maximum absolute atomic E-state index is 3.93. The molecular formula is C13H22. The molecule has 2 aliphatic rings. The first-order valence-electron chi connectivity index (χ1n) is 6.04. The zero-order chi connectivity index (χ0) is 9.26. The topological polar surface area (TPSA) is 0 Å². The van der Waals surface area contributed by atoms with Crippen LogP contribution in [0, 0.1) is 30.6 Å². The molecule has 0 bridgehead atoms. The first-order chi connectivity index (χ1) is 6.38.